The molecule has 0 aliphatic carbocycles. The molecule has 1 aliphatic rings. The highest BCUT2D eigenvalue weighted by Gasteiger charge is 2.32. The minimum absolute atomic E-state index is 0.0566. The van der Waals surface area contributed by atoms with Gasteiger partial charge in [0.2, 0.25) is 11.9 Å². The lowest BCUT2D eigenvalue weighted by Crippen LogP contribution is -2.34. The SMILES string of the molecule is CCOc1nc(N)nc(N(C)C2CCS(=O)(=O)C2)n1. The molecule has 0 amide bonds. The molecule has 1 aromatic rings. The predicted molar refractivity (Wildman–Crippen MR) is 70.9 cm³/mol. The van der Waals surface area contributed by atoms with Gasteiger partial charge in [0.05, 0.1) is 18.1 Å². The molecule has 2 rings (SSSR count). The fraction of sp³-hybridized carbons (Fsp3) is 0.700. The van der Waals surface area contributed by atoms with Crippen molar-refractivity contribution in [1.29, 1.82) is 0 Å². The van der Waals surface area contributed by atoms with Crippen molar-refractivity contribution < 1.29 is 13.2 Å². The number of anilines is 2. The molecule has 1 atom stereocenters. The van der Waals surface area contributed by atoms with Crippen LogP contribution in [0.1, 0.15) is 13.3 Å². The van der Waals surface area contributed by atoms with E-state index in [1.54, 1.807) is 11.9 Å². The van der Waals surface area contributed by atoms with Gasteiger partial charge in [0.15, 0.2) is 9.84 Å². The highest BCUT2D eigenvalue weighted by molar-refractivity contribution is 7.91. The zero-order valence-electron chi connectivity index (χ0n) is 10.9. The van der Waals surface area contributed by atoms with E-state index in [0.29, 0.717) is 19.0 Å². The van der Waals surface area contributed by atoms with Crippen molar-refractivity contribution in [1.82, 2.24) is 15.0 Å². The Morgan fingerprint density at radius 3 is 2.74 bits per heavy atom. The van der Waals surface area contributed by atoms with Gasteiger partial charge >= 0.3 is 6.01 Å². The number of hydrogen-bond donors (Lipinski definition) is 1. The molecule has 0 saturated carbocycles. The van der Waals surface area contributed by atoms with Crippen LogP contribution in [0.2, 0.25) is 0 Å². The number of nitrogens with zero attached hydrogens (tertiary/aromatic N) is 4. The Bertz CT molecular complexity index is 562. The van der Waals surface area contributed by atoms with Gasteiger partial charge in [-0.25, -0.2) is 8.42 Å². The van der Waals surface area contributed by atoms with E-state index in [1.807, 2.05) is 6.92 Å². The first-order valence-corrected chi connectivity index (χ1v) is 7.81. The molecular weight excluding hydrogens is 270 g/mol. The van der Waals surface area contributed by atoms with Crippen molar-refractivity contribution in [2.24, 2.45) is 0 Å². The van der Waals surface area contributed by atoms with Crippen molar-refractivity contribution in [3.8, 4) is 6.01 Å². The summed E-state index contributed by atoms with van der Waals surface area (Å²) in [5.74, 6) is 0.694. The summed E-state index contributed by atoms with van der Waals surface area (Å²) < 4.78 is 28.2. The van der Waals surface area contributed by atoms with Crippen LogP contribution in [0.5, 0.6) is 6.01 Å². The zero-order valence-corrected chi connectivity index (χ0v) is 11.7. The molecule has 0 bridgehead atoms. The molecule has 106 valence electrons. The van der Waals surface area contributed by atoms with Gasteiger partial charge in [0.1, 0.15) is 0 Å². The maximum Gasteiger partial charge on any atom is 0.323 e. The normalized spacial score (nSPS) is 21.3. The Hall–Kier alpha value is -1.64. The highest BCUT2D eigenvalue weighted by atomic mass is 32.2. The van der Waals surface area contributed by atoms with Gasteiger partial charge in [0, 0.05) is 13.1 Å². The average Bonchev–Trinajstić information content (AvgIpc) is 2.68. The number of aromatic nitrogens is 3. The summed E-state index contributed by atoms with van der Waals surface area (Å²) in [6.07, 6.45) is 0.564. The fourth-order valence-corrected chi connectivity index (χ4v) is 3.73. The molecular formula is C10H17N5O3S. The van der Waals surface area contributed by atoms with E-state index < -0.39 is 9.84 Å². The second-order valence-electron chi connectivity index (χ2n) is 4.38. The molecule has 1 aromatic heterocycles. The zero-order chi connectivity index (χ0) is 14.0. The largest absolute Gasteiger partial charge is 0.464 e. The molecule has 1 fully saturated rings. The van der Waals surface area contributed by atoms with Crippen LogP contribution in [0.4, 0.5) is 11.9 Å². The van der Waals surface area contributed by atoms with E-state index in [0.717, 1.165) is 0 Å². The number of nitrogens with two attached hydrogens (primary N) is 1. The van der Waals surface area contributed by atoms with E-state index >= 15 is 0 Å². The summed E-state index contributed by atoms with van der Waals surface area (Å²) in [5.41, 5.74) is 5.59. The molecule has 2 heterocycles. The molecule has 1 aliphatic heterocycles. The Morgan fingerprint density at radius 2 is 2.16 bits per heavy atom. The molecule has 8 nitrogen and oxygen atoms in total. The molecule has 0 aromatic carbocycles. The van der Waals surface area contributed by atoms with Crippen LogP contribution < -0.4 is 15.4 Å². The van der Waals surface area contributed by atoms with Crippen molar-refractivity contribution in [3.63, 3.8) is 0 Å². The minimum atomic E-state index is -2.95. The molecule has 1 unspecified atom stereocenters. The van der Waals surface area contributed by atoms with Gasteiger partial charge in [-0.3, -0.25) is 0 Å². The third-order valence-electron chi connectivity index (χ3n) is 2.97. The molecule has 0 radical (unpaired) electrons. The molecule has 9 heteroatoms. The van der Waals surface area contributed by atoms with Crippen LogP contribution >= 0.6 is 0 Å². The lowest BCUT2D eigenvalue weighted by molar-refractivity contribution is 0.312. The van der Waals surface area contributed by atoms with Crippen molar-refractivity contribution in [2.45, 2.75) is 19.4 Å². The van der Waals surface area contributed by atoms with Gasteiger partial charge in [-0.15, -0.1) is 0 Å². The Kier molecular flexibility index (Phi) is 3.74. The average molecular weight is 287 g/mol. The monoisotopic (exact) mass is 287 g/mol. The Labute approximate surface area is 111 Å². The highest BCUT2D eigenvalue weighted by Crippen LogP contribution is 2.21. The first-order chi connectivity index (χ1) is 8.91. The summed E-state index contributed by atoms with van der Waals surface area (Å²) in [7, 11) is -1.21. The van der Waals surface area contributed by atoms with Gasteiger partial charge < -0.3 is 15.4 Å². The van der Waals surface area contributed by atoms with Gasteiger partial charge in [0.25, 0.3) is 0 Å². The second-order valence-corrected chi connectivity index (χ2v) is 6.61. The van der Waals surface area contributed by atoms with Crippen LogP contribution in [-0.2, 0) is 9.84 Å². The molecule has 2 N–H and O–H groups in total. The van der Waals surface area contributed by atoms with Crippen LogP contribution in [0.25, 0.3) is 0 Å². The topological polar surface area (TPSA) is 111 Å². The maximum atomic E-state index is 11.5. The second kappa shape index (κ2) is 5.16. The number of sulfone groups is 1. The molecule has 1 saturated heterocycles. The van der Waals surface area contributed by atoms with Crippen LogP contribution in [0.15, 0.2) is 0 Å². The summed E-state index contributed by atoms with van der Waals surface area (Å²) >= 11 is 0. The molecule has 19 heavy (non-hydrogen) atoms. The van der Waals surface area contributed by atoms with Crippen LogP contribution in [-0.4, -0.2) is 54.6 Å². The number of ether oxygens (including phenoxy) is 1. The van der Waals surface area contributed by atoms with Gasteiger partial charge in [-0.2, -0.15) is 15.0 Å². The summed E-state index contributed by atoms with van der Waals surface area (Å²) in [4.78, 5) is 13.7. The summed E-state index contributed by atoms with van der Waals surface area (Å²) in [6, 6.07) is 0.0129. The van der Waals surface area contributed by atoms with Gasteiger partial charge in [-0.05, 0) is 13.3 Å². The third-order valence-corrected chi connectivity index (χ3v) is 4.72. The number of nitrogen functional groups attached to an aromatic ring is 1. The predicted octanol–water partition coefficient (Wildman–Crippen LogP) is -0.524. The van der Waals surface area contributed by atoms with Crippen LogP contribution in [0, 0.1) is 0 Å². The number of hydrogen-bond acceptors (Lipinski definition) is 8. The maximum absolute atomic E-state index is 11.5. The Balaban J connectivity index is 2.21. The lowest BCUT2D eigenvalue weighted by Gasteiger charge is -2.23. The Morgan fingerprint density at radius 1 is 1.42 bits per heavy atom. The van der Waals surface area contributed by atoms with E-state index in [2.05, 4.69) is 15.0 Å². The van der Waals surface area contributed by atoms with Crippen molar-refractivity contribution in [3.05, 3.63) is 0 Å². The van der Waals surface area contributed by atoms with Gasteiger partial charge in [-0.1, -0.05) is 0 Å². The number of rotatable bonds is 4. The smallest absolute Gasteiger partial charge is 0.323 e. The van der Waals surface area contributed by atoms with E-state index in [1.165, 1.54) is 0 Å². The lowest BCUT2D eigenvalue weighted by atomic mass is 10.2. The minimum Gasteiger partial charge on any atom is -0.464 e. The van der Waals surface area contributed by atoms with E-state index in [9.17, 15) is 8.42 Å². The first-order valence-electron chi connectivity index (χ1n) is 5.99. The van der Waals surface area contributed by atoms with Crippen LogP contribution in [0.3, 0.4) is 0 Å². The summed E-state index contributed by atoms with van der Waals surface area (Å²) in [6.45, 7) is 2.23. The fourth-order valence-electron chi connectivity index (χ4n) is 1.96. The van der Waals surface area contributed by atoms with E-state index in [-0.39, 0.29) is 29.5 Å². The first kappa shape index (κ1) is 13.8. The molecule has 0 spiro atoms. The van der Waals surface area contributed by atoms with Crippen molar-refractivity contribution >= 4 is 21.7 Å². The van der Waals surface area contributed by atoms with E-state index in [4.69, 9.17) is 10.5 Å². The van der Waals surface area contributed by atoms with Crippen molar-refractivity contribution in [2.75, 3.05) is 35.8 Å². The summed E-state index contributed by atoms with van der Waals surface area (Å²) in [5, 5.41) is 0. The third kappa shape index (κ3) is 3.22. The quantitative estimate of drug-likeness (QED) is 0.787. The standard InChI is InChI=1S/C10H17N5O3S/c1-3-18-10-13-8(11)12-9(14-10)15(2)7-4-5-19(16,17)6-7/h7H,3-6H2,1-2H3,(H2,11,12,13,14).